The molecule has 2 rings (SSSR count). The zero-order valence-corrected chi connectivity index (χ0v) is 23.8. The van der Waals surface area contributed by atoms with Gasteiger partial charge in [0.25, 0.3) is 0 Å². The molecule has 0 radical (unpaired) electrons. The highest BCUT2D eigenvalue weighted by atomic mass is 28.3. The minimum Gasteiger partial charge on any atom is -0.468 e. The molecule has 0 aliphatic carbocycles. The minimum atomic E-state index is -1.74. The van der Waals surface area contributed by atoms with Gasteiger partial charge in [-0.25, -0.2) is 0 Å². The smallest absolute Gasteiger partial charge is 0.468 e. The van der Waals surface area contributed by atoms with E-state index >= 15 is 0 Å². The standard InChI is InChI=1S/C26H47BO4Si/c1-13-15-20(24(3,4)5)19-16-21(27-30-25(6,7)26(8,9)31-27)23(29-18-28-14-2)22(17-19)32(10,11)12/h16-17,20H,13-15,18H2,1-12H3. The van der Waals surface area contributed by atoms with E-state index < -0.39 is 26.4 Å². The Morgan fingerprint density at radius 2 is 1.56 bits per heavy atom. The monoisotopic (exact) mass is 462 g/mol. The average molecular weight is 463 g/mol. The lowest BCUT2D eigenvalue weighted by Crippen LogP contribution is -2.46. The van der Waals surface area contributed by atoms with Crippen LogP contribution < -0.4 is 15.4 Å². The molecule has 1 fully saturated rings. The molecule has 0 spiro atoms. The van der Waals surface area contributed by atoms with E-state index in [1.807, 2.05) is 6.92 Å². The number of ether oxygens (including phenoxy) is 2. The molecule has 1 atom stereocenters. The Morgan fingerprint density at radius 3 is 2.00 bits per heavy atom. The average Bonchev–Trinajstić information content (AvgIpc) is 2.85. The van der Waals surface area contributed by atoms with Crippen molar-refractivity contribution in [2.24, 2.45) is 5.41 Å². The maximum atomic E-state index is 6.52. The van der Waals surface area contributed by atoms with Gasteiger partial charge >= 0.3 is 7.12 Å². The first-order valence-corrected chi connectivity index (χ1v) is 15.8. The Balaban J connectivity index is 2.74. The lowest BCUT2D eigenvalue weighted by atomic mass is 9.71. The largest absolute Gasteiger partial charge is 0.498 e. The summed E-state index contributed by atoms with van der Waals surface area (Å²) in [6.07, 6.45) is 2.30. The highest BCUT2D eigenvalue weighted by Crippen LogP contribution is 2.41. The van der Waals surface area contributed by atoms with E-state index in [9.17, 15) is 0 Å². The lowest BCUT2D eigenvalue weighted by Gasteiger charge is -2.34. The van der Waals surface area contributed by atoms with E-state index in [0.717, 1.165) is 24.1 Å². The number of rotatable bonds is 9. The normalized spacial score (nSPS) is 19.3. The molecule has 1 heterocycles. The van der Waals surface area contributed by atoms with Gasteiger partial charge in [-0.15, -0.1) is 0 Å². The molecule has 6 heteroatoms. The van der Waals surface area contributed by atoms with Crippen molar-refractivity contribution in [2.45, 2.75) is 112 Å². The van der Waals surface area contributed by atoms with Crippen LogP contribution in [0.3, 0.4) is 0 Å². The number of benzene rings is 1. The fourth-order valence-electron chi connectivity index (χ4n) is 4.31. The van der Waals surface area contributed by atoms with Gasteiger partial charge in [0.2, 0.25) is 0 Å². The first-order chi connectivity index (χ1) is 14.5. The Bertz CT molecular complexity index is 761. The molecule has 1 unspecified atom stereocenters. The highest BCUT2D eigenvalue weighted by molar-refractivity contribution is 6.89. The third-order valence-electron chi connectivity index (χ3n) is 6.97. The van der Waals surface area contributed by atoms with Crippen molar-refractivity contribution in [3.63, 3.8) is 0 Å². The van der Waals surface area contributed by atoms with Crippen LogP contribution >= 0.6 is 0 Å². The Morgan fingerprint density at radius 1 is 1.00 bits per heavy atom. The van der Waals surface area contributed by atoms with Crippen LogP contribution in [-0.4, -0.2) is 39.8 Å². The van der Waals surface area contributed by atoms with E-state index in [0.29, 0.717) is 12.5 Å². The summed E-state index contributed by atoms with van der Waals surface area (Å²) in [5.41, 5.74) is 1.72. The zero-order chi connectivity index (χ0) is 24.5. The number of hydrogen-bond donors (Lipinski definition) is 0. The van der Waals surface area contributed by atoms with Gasteiger partial charge < -0.3 is 18.8 Å². The second-order valence-electron chi connectivity index (χ2n) is 12.3. The van der Waals surface area contributed by atoms with E-state index in [-0.39, 0.29) is 12.2 Å². The summed E-state index contributed by atoms with van der Waals surface area (Å²) < 4.78 is 24.9. The van der Waals surface area contributed by atoms with E-state index in [1.54, 1.807) is 0 Å². The van der Waals surface area contributed by atoms with Crippen LogP contribution in [0.25, 0.3) is 0 Å². The van der Waals surface area contributed by atoms with Crippen molar-refractivity contribution in [3.05, 3.63) is 17.7 Å². The molecule has 1 aromatic carbocycles. The molecule has 4 nitrogen and oxygen atoms in total. The molecule has 1 aliphatic heterocycles. The highest BCUT2D eigenvalue weighted by Gasteiger charge is 2.53. The van der Waals surface area contributed by atoms with Crippen molar-refractivity contribution in [2.75, 3.05) is 13.4 Å². The molecule has 0 bridgehead atoms. The summed E-state index contributed by atoms with van der Waals surface area (Å²) in [5, 5.41) is 1.31. The van der Waals surface area contributed by atoms with Gasteiger partial charge in [0.15, 0.2) is 6.79 Å². The lowest BCUT2D eigenvalue weighted by molar-refractivity contribution is 0.00578. The predicted molar refractivity (Wildman–Crippen MR) is 139 cm³/mol. The molecule has 0 aromatic heterocycles. The molecule has 182 valence electrons. The molecule has 32 heavy (non-hydrogen) atoms. The summed E-state index contributed by atoms with van der Waals surface area (Å²) >= 11 is 0. The van der Waals surface area contributed by atoms with Gasteiger partial charge in [-0.2, -0.15) is 0 Å². The van der Waals surface area contributed by atoms with Crippen molar-refractivity contribution >= 4 is 25.8 Å². The van der Waals surface area contributed by atoms with Crippen LogP contribution in [0.2, 0.25) is 19.6 Å². The quantitative estimate of drug-likeness (QED) is 0.263. The fourth-order valence-corrected chi connectivity index (χ4v) is 5.81. The molecule has 0 saturated carbocycles. The second kappa shape index (κ2) is 9.81. The Kier molecular flexibility index (Phi) is 8.41. The third kappa shape index (κ3) is 5.99. The maximum absolute atomic E-state index is 6.52. The maximum Gasteiger partial charge on any atom is 0.498 e. The van der Waals surface area contributed by atoms with Gasteiger partial charge in [0.1, 0.15) is 5.75 Å². The Hall–Kier alpha value is -0.818. The Labute approximate surface area is 198 Å². The summed E-state index contributed by atoms with van der Waals surface area (Å²) in [6.45, 7) is 27.7. The van der Waals surface area contributed by atoms with Crippen molar-refractivity contribution < 1.29 is 18.8 Å². The minimum absolute atomic E-state index is 0.160. The molecule has 1 aromatic rings. The fraction of sp³-hybridized carbons (Fsp3) is 0.769. The molecule has 1 saturated heterocycles. The second-order valence-corrected chi connectivity index (χ2v) is 17.3. The van der Waals surface area contributed by atoms with Gasteiger partial charge in [-0.05, 0) is 63.1 Å². The molecular weight excluding hydrogens is 415 g/mol. The zero-order valence-electron chi connectivity index (χ0n) is 22.8. The van der Waals surface area contributed by atoms with E-state index in [1.165, 1.54) is 10.8 Å². The predicted octanol–water partition coefficient (Wildman–Crippen LogP) is 5.83. The van der Waals surface area contributed by atoms with Gasteiger partial charge in [-0.3, -0.25) is 0 Å². The van der Waals surface area contributed by atoms with E-state index in [2.05, 4.69) is 87.2 Å². The SMILES string of the molecule is CCCC(c1cc(B2OC(C)(C)C(C)(C)O2)c(OCOCC)c([Si](C)(C)C)c1)C(C)(C)C. The van der Waals surface area contributed by atoms with Crippen LogP contribution in [0.1, 0.15) is 86.6 Å². The van der Waals surface area contributed by atoms with Crippen molar-refractivity contribution in [1.29, 1.82) is 0 Å². The van der Waals surface area contributed by atoms with Crippen LogP contribution in [-0.2, 0) is 14.0 Å². The van der Waals surface area contributed by atoms with Crippen molar-refractivity contribution in [1.82, 2.24) is 0 Å². The van der Waals surface area contributed by atoms with Crippen LogP contribution in [0.15, 0.2) is 12.1 Å². The third-order valence-corrected chi connectivity index (χ3v) is 8.96. The summed E-state index contributed by atoms with van der Waals surface area (Å²) in [5.74, 6) is 1.34. The van der Waals surface area contributed by atoms with Gasteiger partial charge in [0, 0.05) is 12.1 Å². The number of hydrogen-bond acceptors (Lipinski definition) is 4. The molecule has 1 aliphatic rings. The van der Waals surface area contributed by atoms with Crippen LogP contribution in [0.4, 0.5) is 0 Å². The van der Waals surface area contributed by atoms with E-state index in [4.69, 9.17) is 18.8 Å². The topological polar surface area (TPSA) is 36.9 Å². The van der Waals surface area contributed by atoms with Crippen LogP contribution in [0.5, 0.6) is 5.75 Å². The van der Waals surface area contributed by atoms with Crippen LogP contribution in [0, 0.1) is 5.41 Å². The van der Waals surface area contributed by atoms with Gasteiger partial charge in [-0.1, -0.05) is 65.9 Å². The van der Waals surface area contributed by atoms with Crippen molar-refractivity contribution in [3.8, 4) is 5.75 Å². The summed E-state index contributed by atoms with van der Waals surface area (Å²) in [7, 11) is -2.21. The summed E-state index contributed by atoms with van der Waals surface area (Å²) in [6, 6.07) is 4.70. The first kappa shape index (κ1) is 27.4. The summed E-state index contributed by atoms with van der Waals surface area (Å²) in [4.78, 5) is 0. The first-order valence-electron chi connectivity index (χ1n) is 12.3. The van der Waals surface area contributed by atoms with Gasteiger partial charge in [0.05, 0.1) is 19.3 Å². The molecule has 0 N–H and O–H groups in total. The molecular formula is C26H47BO4Si. The molecule has 0 amide bonds.